The van der Waals surface area contributed by atoms with E-state index in [1.165, 1.54) is 49.7 Å². The molecule has 0 N–H and O–H groups in total. The lowest BCUT2D eigenvalue weighted by Crippen LogP contribution is -2.44. The zero-order valence-corrected chi connectivity index (χ0v) is 16.8. The Bertz CT molecular complexity index is 674. The van der Waals surface area contributed by atoms with Gasteiger partial charge in [0.25, 0.3) is 0 Å². The molecule has 0 spiro atoms. The smallest absolute Gasteiger partial charge is 0.0101 e. The summed E-state index contributed by atoms with van der Waals surface area (Å²) in [6.45, 7) is 18.7. The van der Waals surface area contributed by atoms with E-state index < -0.39 is 0 Å². The minimum atomic E-state index is 0.328. The average molecular weight is 337 g/mol. The van der Waals surface area contributed by atoms with Crippen LogP contribution >= 0.6 is 0 Å². The maximum absolute atomic E-state index is 4.49. The van der Waals surface area contributed by atoms with Crippen molar-refractivity contribution in [2.45, 2.75) is 72.6 Å². The highest BCUT2D eigenvalue weighted by Gasteiger charge is 2.57. The monoisotopic (exact) mass is 336 g/mol. The number of allylic oxidation sites excluding steroid dienone is 6. The fourth-order valence-corrected chi connectivity index (χ4v) is 7.40. The topological polar surface area (TPSA) is 0 Å². The van der Waals surface area contributed by atoms with E-state index in [0.717, 1.165) is 30.1 Å². The van der Waals surface area contributed by atoms with Crippen LogP contribution in [0.25, 0.3) is 0 Å². The molecule has 2 saturated carbocycles. The van der Waals surface area contributed by atoms with E-state index in [1.807, 2.05) is 0 Å². The van der Waals surface area contributed by atoms with E-state index >= 15 is 0 Å². The number of rotatable bonds is 2. The third-order valence-corrected chi connectivity index (χ3v) is 8.69. The van der Waals surface area contributed by atoms with Crippen molar-refractivity contribution in [1.29, 1.82) is 0 Å². The molecule has 0 radical (unpaired) electrons. The van der Waals surface area contributed by atoms with Gasteiger partial charge in [0.15, 0.2) is 0 Å². The van der Waals surface area contributed by atoms with Gasteiger partial charge in [0.05, 0.1) is 0 Å². The number of fused-ring (bicyclic) bond motifs is 5. The molecule has 0 saturated heterocycles. The van der Waals surface area contributed by atoms with E-state index in [-0.39, 0.29) is 0 Å². The maximum atomic E-state index is 4.49. The maximum Gasteiger partial charge on any atom is 0.0101 e. The molecule has 0 heteroatoms. The largest absolute Gasteiger partial charge is 0.0996 e. The van der Waals surface area contributed by atoms with Gasteiger partial charge in [-0.05, 0) is 74.0 Å². The van der Waals surface area contributed by atoms with Crippen LogP contribution in [0.15, 0.2) is 47.6 Å². The fraction of sp³-hybridized carbons (Fsp3) is 0.680. The van der Waals surface area contributed by atoms with Crippen LogP contribution in [-0.4, -0.2) is 0 Å². The van der Waals surface area contributed by atoms with Gasteiger partial charge >= 0.3 is 0 Å². The van der Waals surface area contributed by atoms with Gasteiger partial charge in [0.1, 0.15) is 0 Å². The van der Waals surface area contributed by atoms with Crippen LogP contribution in [0, 0.1) is 34.5 Å². The molecule has 0 aliphatic heterocycles. The predicted molar refractivity (Wildman–Crippen MR) is 108 cm³/mol. The lowest BCUT2D eigenvalue weighted by Gasteiger charge is -2.54. The third-order valence-electron chi connectivity index (χ3n) is 8.69. The van der Waals surface area contributed by atoms with Crippen molar-refractivity contribution in [3.05, 3.63) is 47.6 Å². The first kappa shape index (κ1) is 17.4. The van der Waals surface area contributed by atoms with Gasteiger partial charge in [-0.15, -0.1) is 0 Å². The van der Waals surface area contributed by atoms with Crippen molar-refractivity contribution in [3.63, 3.8) is 0 Å². The second kappa shape index (κ2) is 5.73. The van der Waals surface area contributed by atoms with Crippen molar-refractivity contribution in [2.24, 2.45) is 34.5 Å². The molecule has 0 aromatic carbocycles. The summed E-state index contributed by atoms with van der Waals surface area (Å²) in [6, 6.07) is 0. The molecular formula is C25H36. The molecule has 2 fully saturated rings. The lowest BCUT2D eigenvalue weighted by atomic mass is 9.51. The van der Waals surface area contributed by atoms with Gasteiger partial charge in [0.2, 0.25) is 0 Å². The summed E-state index contributed by atoms with van der Waals surface area (Å²) in [5.74, 6) is 3.19. The van der Waals surface area contributed by atoms with Gasteiger partial charge in [-0.1, -0.05) is 75.3 Å². The van der Waals surface area contributed by atoms with Crippen LogP contribution < -0.4 is 0 Å². The summed E-state index contributed by atoms with van der Waals surface area (Å²) in [6.07, 6.45) is 14.1. The summed E-state index contributed by atoms with van der Waals surface area (Å²) < 4.78 is 0. The minimum Gasteiger partial charge on any atom is -0.0996 e. The van der Waals surface area contributed by atoms with Crippen LogP contribution in [0.2, 0.25) is 0 Å². The Hall–Kier alpha value is -1.04. The zero-order chi connectivity index (χ0) is 18.0. The van der Waals surface area contributed by atoms with Gasteiger partial charge < -0.3 is 0 Å². The molecule has 4 rings (SSSR count). The normalized spacial score (nSPS) is 45.8. The van der Waals surface area contributed by atoms with E-state index in [9.17, 15) is 0 Å². The molecule has 136 valence electrons. The van der Waals surface area contributed by atoms with Crippen molar-refractivity contribution in [2.75, 3.05) is 0 Å². The summed E-state index contributed by atoms with van der Waals surface area (Å²) >= 11 is 0. The Kier molecular flexibility index (Phi) is 3.98. The van der Waals surface area contributed by atoms with Crippen LogP contribution in [0.1, 0.15) is 72.6 Å². The van der Waals surface area contributed by atoms with Crippen LogP contribution in [-0.2, 0) is 0 Å². The minimum absolute atomic E-state index is 0.328. The molecule has 4 aliphatic rings. The number of hydrogen-bond acceptors (Lipinski definition) is 0. The molecule has 25 heavy (non-hydrogen) atoms. The SMILES string of the molecule is C=C1C=C2CCC3C(=CC[C@@]4(C)C3C[C@@H](C)[C@@H]4C(=C)CC)C2(C)CC1. The molecule has 0 bridgehead atoms. The molecule has 0 amide bonds. The quantitative estimate of drug-likeness (QED) is 0.466. The fourth-order valence-electron chi connectivity index (χ4n) is 7.40. The van der Waals surface area contributed by atoms with E-state index in [2.05, 4.69) is 53.0 Å². The molecule has 0 aromatic rings. The first-order valence-corrected chi connectivity index (χ1v) is 10.6. The van der Waals surface area contributed by atoms with Gasteiger partial charge in [-0.3, -0.25) is 0 Å². The summed E-state index contributed by atoms with van der Waals surface area (Å²) in [7, 11) is 0. The standard InChI is InChI=1S/C25H36/c1-7-17(3)23-18(4)15-22-20-9-8-19-14-16(2)10-12-24(19,5)21(20)11-13-25(22,23)6/h11,14,18,20,22-23H,2-3,7-10,12-13,15H2,1,4-6H3/t18-,20?,22?,23+,24?,25+/m1/s1. The Balaban J connectivity index is 1.74. The van der Waals surface area contributed by atoms with Crippen LogP contribution in [0.5, 0.6) is 0 Å². The van der Waals surface area contributed by atoms with Crippen molar-refractivity contribution < 1.29 is 0 Å². The van der Waals surface area contributed by atoms with Crippen molar-refractivity contribution in [3.8, 4) is 0 Å². The van der Waals surface area contributed by atoms with Crippen molar-refractivity contribution in [1.82, 2.24) is 0 Å². The number of hydrogen-bond donors (Lipinski definition) is 0. The Labute approximate surface area is 155 Å². The second-order valence-corrected chi connectivity index (χ2v) is 9.98. The molecule has 6 atom stereocenters. The molecule has 0 heterocycles. The highest BCUT2D eigenvalue weighted by atomic mass is 14.6. The zero-order valence-electron chi connectivity index (χ0n) is 16.8. The van der Waals surface area contributed by atoms with E-state index in [4.69, 9.17) is 0 Å². The highest BCUT2D eigenvalue weighted by molar-refractivity contribution is 5.43. The van der Waals surface area contributed by atoms with Crippen LogP contribution in [0.3, 0.4) is 0 Å². The van der Waals surface area contributed by atoms with Crippen molar-refractivity contribution >= 4 is 0 Å². The molecule has 4 aliphatic carbocycles. The summed E-state index contributed by atoms with van der Waals surface area (Å²) in [5.41, 5.74) is 7.10. The Morgan fingerprint density at radius 2 is 2.04 bits per heavy atom. The van der Waals surface area contributed by atoms with E-state index in [0.29, 0.717) is 10.8 Å². The first-order chi connectivity index (χ1) is 11.8. The summed E-state index contributed by atoms with van der Waals surface area (Å²) in [4.78, 5) is 0. The second-order valence-electron chi connectivity index (χ2n) is 9.98. The van der Waals surface area contributed by atoms with Crippen LogP contribution in [0.4, 0.5) is 0 Å². The average Bonchev–Trinajstić information content (AvgIpc) is 2.85. The first-order valence-electron chi connectivity index (χ1n) is 10.6. The van der Waals surface area contributed by atoms with Gasteiger partial charge in [-0.25, -0.2) is 0 Å². The molecular weight excluding hydrogens is 300 g/mol. The third kappa shape index (κ3) is 2.32. The Morgan fingerprint density at radius 3 is 2.76 bits per heavy atom. The summed E-state index contributed by atoms with van der Waals surface area (Å²) in [5, 5.41) is 0. The predicted octanol–water partition coefficient (Wildman–Crippen LogP) is 7.25. The Morgan fingerprint density at radius 1 is 1.28 bits per heavy atom. The molecule has 0 aromatic heterocycles. The lowest BCUT2D eigenvalue weighted by molar-refractivity contribution is 0.0942. The molecule has 3 unspecified atom stereocenters. The molecule has 0 nitrogen and oxygen atoms in total. The highest BCUT2D eigenvalue weighted by Crippen LogP contribution is 2.66. The van der Waals surface area contributed by atoms with E-state index in [1.54, 1.807) is 11.1 Å². The van der Waals surface area contributed by atoms with Gasteiger partial charge in [0, 0.05) is 5.41 Å². The van der Waals surface area contributed by atoms with Gasteiger partial charge in [-0.2, -0.15) is 0 Å².